The first-order valence-electron chi connectivity index (χ1n) is 9.40. The van der Waals surface area contributed by atoms with Crippen molar-refractivity contribution in [3.05, 3.63) is 30.0 Å². The van der Waals surface area contributed by atoms with Crippen molar-refractivity contribution >= 4 is 16.8 Å². The van der Waals surface area contributed by atoms with Crippen LogP contribution in [0.25, 0.3) is 10.9 Å². The largest absolute Gasteiger partial charge is 0.489 e. The number of H-pyrrole nitrogens is 1. The van der Waals surface area contributed by atoms with E-state index in [0.29, 0.717) is 17.7 Å². The number of hydrogen-bond donors (Lipinski definition) is 2. The number of ether oxygens (including phenoxy) is 1. The molecule has 2 aliphatic rings. The number of nitrogens with one attached hydrogen (secondary N) is 2. The molecule has 2 heterocycles. The number of carbonyl (C=O) groups excluding carboxylic acids is 1. The Bertz CT molecular complexity index is 763. The maximum Gasteiger partial charge on any atom is 0.267 e. The van der Waals surface area contributed by atoms with Gasteiger partial charge >= 0.3 is 0 Å². The number of benzene rings is 1. The lowest BCUT2D eigenvalue weighted by atomic mass is 10.2. The summed E-state index contributed by atoms with van der Waals surface area (Å²) in [6, 6.07) is 8.51. The average Bonchev–Trinajstić information content (AvgIpc) is 3.13. The van der Waals surface area contributed by atoms with Gasteiger partial charge in [-0.1, -0.05) is 0 Å². The minimum atomic E-state index is -0.0195. The number of aromatic nitrogens is 1. The molecule has 1 saturated carbocycles. The van der Waals surface area contributed by atoms with Crippen LogP contribution in [0.5, 0.6) is 5.75 Å². The SMILES string of the molecule is CC(C)N1CCC(Oc2ccc3cc(C(=O)NCC4CC4)[nH]c3c2)C1. The number of aromatic amines is 1. The van der Waals surface area contributed by atoms with Crippen LogP contribution >= 0.6 is 0 Å². The number of carbonyl (C=O) groups is 1. The van der Waals surface area contributed by atoms with Crippen molar-refractivity contribution in [1.82, 2.24) is 15.2 Å². The van der Waals surface area contributed by atoms with E-state index < -0.39 is 0 Å². The van der Waals surface area contributed by atoms with E-state index in [-0.39, 0.29) is 12.0 Å². The molecular formula is C20H27N3O2. The third-order valence-corrected chi connectivity index (χ3v) is 5.30. The fraction of sp³-hybridized carbons (Fsp3) is 0.550. The van der Waals surface area contributed by atoms with Gasteiger partial charge in [0.2, 0.25) is 0 Å². The Morgan fingerprint density at radius 3 is 2.88 bits per heavy atom. The van der Waals surface area contributed by atoms with Gasteiger partial charge in [-0.2, -0.15) is 0 Å². The molecule has 2 fully saturated rings. The van der Waals surface area contributed by atoms with Crippen LogP contribution in [0.15, 0.2) is 24.3 Å². The molecule has 1 aromatic carbocycles. The summed E-state index contributed by atoms with van der Waals surface area (Å²) < 4.78 is 6.16. The Labute approximate surface area is 148 Å². The molecule has 0 bridgehead atoms. The fourth-order valence-corrected chi connectivity index (χ4v) is 3.47. The molecule has 2 N–H and O–H groups in total. The maximum absolute atomic E-state index is 12.2. The van der Waals surface area contributed by atoms with Crippen LogP contribution in [0.1, 0.15) is 43.6 Å². The third-order valence-electron chi connectivity index (χ3n) is 5.30. The van der Waals surface area contributed by atoms with Gasteiger partial charge < -0.3 is 15.0 Å². The molecule has 25 heavy (non-hydrogen) atoms. The second-order valence-electron chi connectivity index (χ2n) is 7.70. The zero-order chi connectivity index (χ0) is 17.4. The molecule has 1 aromatic heterocycles. The Morgan fingerprint density at radius 1 is 1.32 bits per heavy atom. The van der Waals surface area contributed by atoms with Gasteiger partial charge in [0.25, 0.3) is 5.91 Å². The van der Waals surface area contributed by atoms with Crippen LogP contribution in [0, 0.1) is 5.92 Å². The normalized spacial score (nSPS) is 21.2. The smallest absolute Gasteiger partial charge is 0.267 e. The van der Waals surface area contributed by atoms with E-state index in [2.05, 4.69) is 29.0 Å². The zero-order valence-corrected chi connectivity index (χ0v) is 15.0. The highest BCUT2D eigenvalue weighted by atomic mass is 16.5. The summed E-state index contributed by atoms with van der Waals surface area (Å²) in [6.07, 6.45) is 3.79. The molecule has 1 aliphatic heterocycles. The first kappa shape index (κ1) is 16.5. The Kier molecular flexibility index (Phi) is 4.42. The molecule has 2 aromatic rings. The Morgan fingerprint density at radius 2 is 2.16 bits per heavy atom. The summed E-state index contributed by atoms with van der Waals surface area (Å²) in [6.45, 7) is 7.32. The standard InChI is InChI=1S/C20H27N3O2/c1-13(2)23-8-7-17(12-23)25-16-6-5-15-9-19(22-18(15)10-16)20(24)21-11-14-3-4-14/h5-6,9-10,13-14,17,22H,3-4,7-8,11-12H2,1-2H3,(H,21,24). The average molecular weight is 341 g/mol. The molecule has 1 unspecified atom stereocenters. The van der Waals surface area contributed by atoms with Crippen LogP contribution < -0.4 is 10.1 Å². The van der Waals surface area contributed by atoms with Gasteiger partial charge in [0.15, 0.2) is 0 Å². The summed E-state index contributed by atoms with van der Waals surface area (Å²) in [4.78, 5) is 17.9. The molecule has 1 aliphatic carbocycles. The first-order valence-corrected chi connectivity index (χ1v) is 9.40. The predicted molar refractivity (Wildman–Crippen MR) is 99.1 cm³/mol. The monoisotopic (exact) mass is 341 g/mol. The zero-order valence-electron chi connectivity index (χ0n) is 15.0. The van der Waals surface area contributed by atoms with Crippen LogP contribution in [0.4, 0.5) is 0 Å². The highest BCUT2D eigenvalue weighted by molar-refractivity contribution is 5.98. The minimum absolute atomic E-state index is 0.0195. The summed E-state index contributed by atoms with van der Waals surface area (Å²) in [5.41, 5.74) is 1.58. The number of likely N-dealkylation sites (tertiary alicyclic amines) is 1. The minimum Gasteiger partial charge on any atom is -0.489 e. The molecule has 5 nitrogen and oxygen atoms in total. The van der Waals surface area contributed by atoms with Gasteiger partial charge in [0, 0.05) is 42.6 Å². The lowest BCUT2D eigenvalue weighted by molar-refractivity contribution is 0.0947. The molecule has 0 spiro atoms. The highest BCUT2D eigenvalue weighted by Gasteiger charge is 2.26. The maximum atomic E-state index is 12.2. The molecule has 1 amide bonds. The summed E-state index contributed by atoms with van der Waals surface area (Å²) >= 11 is 0. The highest BCUT2D eigenvalue weighted by Crippen LogP contribution is 2.28. The topological polar surface area (TPSA) is 57.4 Å². The molecular weight excluding hydrogens is 314 g/mol. The number of rotatable bonds is 6. The van der Waals surface area contributed by atoms with Crippen LogP contribution in [-0.2, 0) is 0 Å². The van der Waals surface area contributed by atoms with Gasteiger partial charge in [-0.3, -0.25) is 9.69 Å². The van der Waals surface area contributed by atoms with Gasteiger partial charge in [0.1, 0.15) is 17.5 Å². The molecule has 1 saturated heterocycles. The molecule has 134 valence electrons. The van der Waals surface area contributed by atoms with Crippen molar-refractivity contribution in [2.24, 2.45) is 5.92 Å². The van der Waals surface area contributed by atoms with Crippen LogP contribution in [0.3, 0.4) is 0 Å². The van der Waals surface area contributed by atoms with Crippen molar-refractivity contribution in [2.75, 3.05) is 19.6 Å². The van der Waals surface area contributed by atoms with E-state index in [0.717, 1.165) is 42.7 Å². The quantitative estimate of drug-likeness (QED) is 0.848. The molecule has 5 heteroatoms. The van der Waals surface area contributed by atoms with Crippen molar-refractivity contribution < 1.29 is 9.53 Å². The van der Waals surface area contributed by atoms with E-state index in [9.17, 15) is 4.79 Å². The van der Waals surface area contributed by atoms with Crippen LogP contribution in [0.2, 0.25) is 0 Å². The Hall–Kier alpha value is -2.01. The first-order chi connectivity index (χ1) is 12.1. The van der Waals surface area contributed by atoms with Crippen molar-refractivity contribution in [3.8, 4) is 5.75 Å². The van der Waals surface area contributed by atoms with E-state index in [1.807, 2.05) is 24.3 Å². The number of fused-ring (bicyclic) bond motifs is 1. The molecule has 1 atom stereocenters. The fourth-order valence-electron chi connectivity index (χ4n) is 3.47. The van der Waals surface area contributed by atoms with E-state index >= 15 is 0 Å². The van der Waals surface area contributed by atoms with Crippen molar-refractivity contribution in [2.45, 2.75) is 45.3 Å². The lowest BCUT2D eigenvalue weighted by Crippen LogP contribution is -2.30. The summed E-state index contributed by atoms with van der Waals surface area (Å²) in [7, 11) is 0. The Balaban J connectivity index is 1.42. The van der Waals surface area contributed by atoms with E-state index in [1.165, 1.54) is 12.8 Å². The summed E-state index contributed by atoms with van der Waals surface area (Å²) in [5.74, 6) is 1.54. The molecule has 4 rings (SSSR count). The van der Waals surface area contributed by atoms with Gasteiger partial charge in [-0.05, 0) is 57.2 Å². The second kappa shape index (κ2) is 6.71. The van der Waals surface area contributed by atoms with Crippen molar-refractivity contribution in [1.29, 1.82) is 0 Å². The number of amides is 1. The second-order valence-corrected chi connectivity index (χ2v) is 7.70. The summed E-state index contributed by atoms with van der Waals surface area (Å²) in [5, 5.41) is 4.04. The van der Waals surface area contributed by atoms with E-state index in [1.54, 1.807) is 0 Å². The van der Waals surface area contributed by atoms with E-state index in [4.69, 9.17) is 4.74 Å². The third kappa shape index (κ3) is 3.82. The number of nitrogens with zero attached hydrogens (tertiary/aromatic N) is 1. The lowest BCUT2D eigenvalue weighted by Gasteiger charge is -2.20. The molecule has 0 radical (unpaired) electrons. The van der Waals surface area contributed by atoms with Crippen LogP contribution in [-0.4, -0.2) is 47.6 Å². The number of hydrogen-bond acceptors (Lipinski definition) is 3. The van der Waals surface area contributed by atoms with Crippen molar-refractivity contribution in [3.63, 3.8) is 0 Å². The predicted octanol–water partition coefficient (Wildman–Crippen LogP) is 3.17. The van der Waals surface area contributed by atoms with Gasteiger partial charge in [-0.25, -0.2) is 0 Å². The van der Waals surface area contributed by atoms with Gasteiger partial charge in [-0.15, -0.1) is 0 Å². The van der Waals surface area contributed by atoms with Gasteiger partial charge in [0.05, 0.1) is 0 Å².